The second-order valence-electron chi connectivity index (χ2n) is 8.46. The summed E-state index contributed by atoms with van der Waals surface area (Å²) in [4.78, 5) is 75.7. The second kappa shape index (κ2) is 18.3. The van der Waals surface area contributed by atoms with E-state index in [2.05, 4.69) is 20.9 Å². The maximum Gasteiger partial charge on any atom is 0.326 e. The van der Waals surface area contributed by atoms with Crippen molar-refractivity contribution in [1.82, 2.24) is 16.0 Å². The van der Waals surface area contributed by atoms with Crippen molar-refractivity contribution in [2.75, 3.05) is 13.1 Å². The molecule has 0 aromatic carbocycles. The van der Waals surface area contributed by atoms with E-state index in [0.717, 1.165) is 0 Å². The zero-order chi connectivity index (χ0) is 29.3. The standard InChI is InChI=1S/C21H39N9O8/c22-8-2-1-4-12(18(35)29-13(20(37)38)5-3-9-27-21(25)26)28-19(36)14(10-16(32)33)30-17(34)11(23)6-7-15(24)31/h11-14H,1-10,22-23H2,(H2,24,31)(H,28,36)(H,29,35)(H,30,34)(H,32,33)(H,37,38)(H4,25,26,27). The van der Waals surface area contributed by atoms with E-state index >= 15 is 0 Å². The first-order valence-corrected chi connectivity index (χ1v) is 11.9. The molecule has 0 spiro atoms. The molecule has 17 nitrogen and oxygen atoms in total. The minimum atomic E-state index is -1.61. The van der Waals surface area contributed by atoms with Crippen LogP contribution in [0, 0.1) is 0 Å². The molecule has 0 saturated heterocycles. The highest BCUT2D eigenvalue weighted by molar-refractivity contribution is 5.95. The predicted octanol–water partition coefficient (Wildman–Crippen LogP) is -4.22. The number of nitrogens with one attached hydrogen (secondary N) is 3. The topological polar surface area (TPSA) is 321 Å². The smallest absolute Gasteiger partial charge is 0.326 e. The number of hydrogen-bond acceptors (Lipinski definition) is 9. The van der Waals surface area contributed by atoms with Crippen molar-refractivity contribution in [1.29, 1.82) is 0 Å². The summed E-state index contributed by atoms with van der Waals surface area (Å²) in [5, 5.41) is 25.6. The van der Waals surface area contributed by atoms with Crippen molar-refractivity contribution in [3.63, 3.8) is 0 Å². The highest BCUT2D eigenvalue weighted by Crippen LogP contribution is 2.06. The van der Waals surface area contributed by atoms with Crippen molar-refractivity contribution in [2.45, 2.75) is 75.5 Å². The van der Waals surface area contributed by atoms with Gasteiger partial charge in [0.1, 0.15) is 18.1 Å². The maximum absolute atomic E-state index is 12.9. The molecule has 216 valence electrons. The van der Waals surface area contributed by atoms with Crippen molar-refractivity contribution >= 4 is 41.5 Å². The van der Waals surface area contributed by atoms with Crippen LogP contribution in [0.5, 0.6) is 0 Å². The lowest BCUT2D eigenvalue weighted by Crippen LogP contribution is -2.57. The predicted molar refractivity (Wildman–Crippen MR) is 135 cm³/mol. The molecule has 0 aliphatic carbocycles. The van der Waals surface area contributed by atoms with Gasteiger partial charge in [0.15, 0.2) is 5.96 Å². The fourth-order valence-corrected chi connectivity index (χ4v) is 3.16. The van der Waals surface area contributed by atoms with Gasteiger partial charge in [-0.25, -0.2) is 4.79 Å². The second-order valence-corrected chi connectivity index (χ2v) is 8.46. The van der Waals surface area contributed by atoms with Crippen LogP contribution in [0.3, 0.4) is 0 Å². The van der Waals surface area contributed by atoms with Gasteiger partial charge in [0.05, 0.1) is 12.5 Å². The van der Waals surface area contributed by atoms with Gasteiger partial charge in [-0.1, -0.05) is 0 Å². The first-order valence-electron chi connectivity index (χ1n) is 11.9. The maximum atomic E-state index is 12.9. The quantitative estimate of drug-likeness (QED) is 0.0395. The van der Waals surface area contributed by atoms with Gasteiger partial charge >= 0.3 is 11.9 Å². The summed E-state index contributed by atoms with van der Waals surface area (Å²) < 4.78 is 0. The molecule has 0 heterocycles. The van der Waals surface area contributed by atoms with Crippen LogP contribution in [-0.4, -0.2) is 89.0 Å². The molecule has 0 saturated carbocycles. The number of carbonyl (C=O) groups excluding carboxylic acids is 4. The third-order valence-corrected chi connectivity index (χ3v) is 5.19. The van der Waals surface area contributed by atoms with Gasteiger partial charge in [0, 0.05) is 13.0 Å². The number of aliphatic imine (C=N–C) groups is 1. The van der Waals surface area contributed by atoms with Gasteiger partial charge in [-0.15, -0.1) is 0 Å². The van der Waals surface area contributed by atoms with Gasteiger partial charge in [-0.3, -0.25) is 29.0 Å². The molecule has 0 bridgehead atoms. The molecule has 0 aromatic heterocycles. The number of carboxylic acid groups (broad SMARTS) is 2. The van der Waals surface area contributed by atoms with Crippen molar-refractivity contribution in [3.8, 4) is 0 Å². The first kappa shape index (κ1) is 34.0. The number of carboxylic acids is 2. The van der Waals surface area contributed by atoms with E-state index in [1.807, 2.05) is 0 Å². The van der Waals surface area contributed by atoms with Gasteiger partial charge in [0.2, 0.25) is 23.6 Å². The molecule has 17 heteroatoms. The fourth-order valence-electron chi connectivity index (χ4n) is 3.16. The van der Waals surface area contributed by atoms with Gasteiger partial charge in [-0.05, 0) is 45.1 Å². The van der Waals surface area contributed by atoms with Crippen LogP contribution in [0.2, 0.25) is 0 Å². The molecule has 0 rings (SSSR count). The zero-order valence-corrected chi connectivity index (χ0v) is 21.1. The Balaban J connectivity index is 5.51. The van der Waals surface area contributed by atoms with Crippen LogP contribution in [0.4, 0.5) is 0 Å². The molecule has 15 N–H and O–H groups in total. The summed E-state index contributed by atoms with van der Waals surface area (Å²) >= 11 is 0. The molecule has 0 radical (unpaired) electrons. The van der Waals surface area contributed by atoms with Crippen molar-refractivity contribution < 1.29 is 39.0 Å². The number of unbranched alkanes of at least 4 members (excludes halogenated alkanes) is 1. The molecular formula is C21H39N9O8. The lowest BCUT2D eigenvalue weighted by atomic mass is 10.0. The van der Waals surface area contributed by atoms with E-state index in [9.17, 15) is 39.0 Å². The minimum absolute atomic E-state index is 0.0117. The SMILES string of the molecule is NCCCCC(NC(=O)C(CC(=O)O)NC(=O)C(N)CCC(N)=O)C(=O)NC(CCCN=C(N)N)C(=O)O. The third-order valence-electron chi connectivity index (χ3n) is 5.19. The Hall–Kier alpha value is -3.99. The Kier molecular flexibility index (Phi) is 16.4. The molecule has 4 atom stereocenters. The van der Waals surface area contributed by atoms with Crippen LogP contribution in [0.15, 0.2) is 4.99 Å². The van der Waals surface area contributed by atoms with Gasteiger partial charge in [0.25, 0.3) is 0 Å². The van der Waals surface area contributed by atoms with E-state index < -0.39 is 66.2 Å². The van der Waals surface area contributed by atoms with Crippen LogP contribution in [-0.2, 0) is 28.8 Å². The lowest BCUT2D eigenvalue weighted by molar-refractivity contribution is -0.143. The van der Waals surface area contributed by atoms with Crippen LogP contribution >= 0.6 is 0 Å². The number of aliphatic carboxylic acids is 2. The minimum Gasteiger partial charge on any atom is -0.481 e. The van der Waals surface area contributed by atoms with Crippen LogP contribution in [0.1, 0.15) is 51.4 Å². The van der Waals surface area contributed by atoms with E-state index in [4.69, 9.17) is 28.7 Å². The summed E-state index contributed by atoms with van der Waals surface area (Å²) in [6.45, 7) is 0.433. The highest BCUT2D eigenvalue weighted by Gasteiger charge is 2.31. The number of hydrogen-bond donors (Lipinski definition) is 10. The van der Waals surface area contributed by atoms with E-state index in [0.29, 0.717) is 19.4 Å². The first-order chi connectivity index (χ1) is 17.8. The Morgan fingerprint density at radius 1 is 0.737 bits per heavy atom. The molecule has 4 amide bonds. The highest BCUT2D eigenvalue weighted by atomic mass is 16.4. The van der Waals surface area contributed by atoms with Crippen molar-refractivity contribution in [3.05, 3.63) is 0 Å². The molecule has 38 heavy (non-hydrogen) atoms. The Bertz CT molecular complexity index is 864. The van der Waals surface area contributed by atoms with Gasteiger partial charge < -0.3 is 54.8 Å². The summed E-state index contributed by atoms with van der Waals surface area (Å²) in [5.41, 5.74) is 26.6. The number of nitrogens with two attached hydrogens (primary N) is 5. The number of amides is 4. The summed E-state index contributed by atoms with van der Waals surface area (Å²) in [5.74, 6) is -6.35. The monoisotopic (exact) mass is 545 g/mol. The Labute approximate surface area is 219 Å². The number of nitrogens with zero attached hydrogens (tertiary/aromatic N) is 1. The number of primary amides is 1. The summed E-state index contributed by atoms with van der Waals surface area (Å²) in [6.07, 6.45) is -0.0163. The van der Waals surface area contributed by atoms with Crippen LogP contribution in [0.25, 0.3) is 0 Å². The normalized spacial score (nSPS) is 13.7. The number of carbonyl (C=O) groups is 6. The van der Waals surface area contributed by atoms with E-state index in [1.165, 1.54) is 0 Å². The molecule has 0 aliphatic rings. The average Bonchev–Trinajstić information content (AvgIpc) is 2.82. The molecule has 4 unspecified atom stereocenters. The lowest BCUT2D eigenvalue weighted by Gasteiger charge is -2.24. The Morgan fingerprint density at radius 3 is 1.82 bits per heavy atom. The summed E-state index contributed by atoms with van der Waals surface area (Å²) in [6, 6.07) is -5.43. The molecule has 0 aliphatic heterocycles. The van der Waals surface area contributed by atoms with Crippen LogP contribution < -0.4 is 44.6 Å². The van der Waals surface area contributed by atoms with Gasteiger partial charge in [-0.2, -0.15) is 0 Å². The van der Waals surface area contributed by atoms with E-state index in [1.54, 1.807) is 0 Å². The average molecular weight is 546 g/mol. The molecular weight excluding hydrogens is 506 g/mol. The molecule has 0 aromatic rings. The zero-order valence-electron chi connectivity index (χ0n) is 21.1. The number of rotatable bonds is 20. The fraction of sp³-hybridized carbons (Fsp3) is 0.667. The summed E-state index contributed by atoms with van der Waals surface area (Å²) in [7, 11) is 0. The Morgan fingerprint density at radius 2 is 1.29 bits per heavy atom. The third kappa shape index (κ3) is 15.2. The van der Waals surface area contributed by atoms with Crippen molar-refractivity contribution in [2.24, 2.45) is 33.7 Å². The number of guanidine groups is 1. The van der Waals surface area contributed by atoms with E-state index in [-0.39, 0.29) is 44.6 Å². The molecule has 0 fully saturated rings. The largest absolute Gasteiger partial charge is 0.481 e.